The third-order valence-corrected chi connectivity index (χ3v) is 8.47. The van der Waals surface area contributed by atoms with Crippen LogP contribution in [0.1, 0.15) is 39.3 Å². The van der Waals surface area contributed by atoms with E-state index in [0.717, 1.165) is 17.0 Å². The van der Waals surface area contributed by atoms with Crippen LogP contribution in [0.4, 0.5) is 17.1 Å². The number of nitrogens with zero attached hydrogens (tertiary/aromatic N) is 3. The molecule has 3 heteroatoms. The van der Waals surface area contributed by atoms with E-state index in [1.165, 1.54) is 39.2 Å². The molecule has 204 valence electrons. The zero-order valence-corrected chi connectivity index (χ0v) is 24.5. The molecular weight excluding hydrogens is 498 g/mol. The lowest BCUT2D eigenvalue weighted by molar-refractivity contribution is 0.584. The van der Waals surface area contributed by atoms with E-state index in [4.69, 9.17) is 4.99 Å². The van der Waals surface area contributed by atoms with Gasteiger partial charge in [-0.1, -0.05) is 103 Å². The molecule has 1 atom stereocenters. The molecule has 1 heterocycles. The number of rotatable bonds is 6. The van der Waals surface area contributed by atoms with E-state index in [0.29, 0.717) is 0 Å². The predicted octanol–water partition coefficient (Wildman–Crippen LogP) is 8.38. The Morgan fingerprint density at radius 1 is 0.561 bits per heavy atom. The summed E-state index contributed by atoms with van der Waals surface area (Å²) in [5.41, 5.74) is 11.2. The van der Waals surface area contributed by atoms with Crippen LogP contribution >= 0.6 is 0 Å². The van der Waals surface area contributed by atoms with Gasteiger partial charge in [0.25, 0.3) is 0 Å². The maximum absolute atomic E-state index is 5.61. The molecule has 0 bridgehead atoms. The Kier molecular flexibility index (Phi) is 6.96. The zero-order chi connectivity index (χ0) is 28.6. The Morgan fingerprint density at radius 2 is 1.07 bits per heavy atom. The van der Waals surface area contributed by atoms with Gasteiger partial charge in [0.05, 0.1) is 16.8 Å². The van der Waals surface area contributed by atoms with Crippen LogP contribution in [0.3, 0.4) is 0 Å². The molecule has 0 saturated heterocycles. The molecule has 0 N–H and O–H groups in total. The van der Waals surface area contributed by atoms with Gasteiger partial charge in [0.15, 0.2) is 0 Å². The fourth-order valence-electron chi connectivity index (χ4n) is 6.42. The van der Waals surface area contributed by atoms with Gasteiger partial charge in [0, 0.05) is 45.5 Å². The second-order valence-corrected chi connectivity index (χ2v) is 11.4. The van der Waals surface area contributed by atoms with Crippen LogP contribution in [0, 0.1) is 6.92 Å². The first-order valence-corrected chi connectivity index (χ1v) is 14.3. The number of hydrogen-bond acceptors (Lipinski definition) is 3. The normalized spacial score (nSPS) is 15.5. The average molecular weight is 536 g/mol. The van der Waals surface area contributed by atoms with Gasteiger partial charge in [-0.2, -0.15) is 0 Å². The van der Waals surface area contributed by atoms with E-state index in [-0.39, 0.29) is 5.92 Å². The molecule has 3 nitrogen and oxygen atoms in total. The lowest BCUT2D eigenvalue weighted by Crippen LogP contribution is -2.46. The lowest BCUT2D eigenvalue weighted by atomic mass is 9.56. The topological polar surface area (TPSA) is 18.8 Å². The van der Waals surface area contributed by atoms with Gasteiger partial charge in [0.2, 0.25) is 0 Å². The first-order valence-electron chi connectivity index (χ1n) is 14.3. The van der Waals surface area contributed by atoms with Crippen molar-refractivity contribution in [2.45, 2.75) is 18.3 Å². The van der Waals surface area contributed by atoms with Gasteiger partial charge < -0.3 is 9.80 Å². The van der Waals surface area contributed by atoms with Crippen molar-refractivity contribution >= 4 is 22.8 Å². The van der Waals surface area contributed by atoms with Crippen molar-refractivity contribution in [1.29, 1.82) is 0 Å². The van der Waals surface area contributed by atoms with E-state index in [2.05, 4.69) is 172 Å². The summed E-state index contributed by atoms with van der Waals surface area (Å²) in [7, 11) is 8.35. The number of para-hydroxylation sites is 1. The molecule has 0 fully saturated rings. The standard InChI is InChI=1S/C38H37N3/c1-27-13-12-18-34-35(28-19-23-32(24-20-28)40(2)3)38(30-14-8-6-9-15-30,31-16-10-7-11-17-31)37(39-36(27)34)29-21-25-33(26-22-29)41(4)5/h6-26,35H,1-5H3. The number of aliphatic imine (C=N–C) groups is 1. The maximum Gasteiger partial charge on any atom is 0.0739 e. The zero-order valence-electron chi connectivity index (χ0n) is 24.5. The van der Waals surface area contributed by atoms with Gasteiger partial charge in [-0.15, -0.1) is 0 Å². The molecule has 6 rings (SSSR count). The van der Waals surface area contributed by atoms with E-state index < -0.39 is 5.41 Å². The first-order chi connectivity index (χ1) is 19.9. The van der Waals surface area contributed by atoms with Crippen LogP contribution < -0.4 is 9.80 Å². The van der Waals surface area contributed by atoms with Crippen molar-refractivity contribution in [2.24, 2.45) is 4.99 Å². The largest absolute Gasteiger partial charge is 0.378 e. The highest BCUT2D eigenvalue weighted by Gasteiger charge is 2.51. The summed E-state index contributed by atoms with van der Waals surface area (Å²) in [4.78, 5) is 9.91. The first kappa shape index (κ1) is 26.6. The summed E-state index contributed by atoms with van der Waals surface area (Å²) >= 11 is 0. The molecule has 0 amide bonds. The van der Waals surface area contributed by atoms with Crippen molar-refractivity contribution in [1.82, 2.24) is 0 Å². The van der Waals surface area contributed by atoms with Gasteiger partial charge in [-0.3, -0.25) is 4.99 Å². The van der Waals surface area contributed by atoms with Gasteiger partial charge >= 0.3 is 0 Å². The Balaban J connectivity index is 1.75. The summed E-state index contributed by atoms with van der Waals surface area (Å²) in [6.45, 7) is 2.18. The minimum atomic E-state index is -0.567. The van der Waals surface area contributed by atoms with Crippen molar-refractivity contribution in [3.63, 3.8) is 0 Å². The SMILES string of the molecule is Cc1cccc2c1N=C(c1ccc(N(C)C)cc1)C(c1ccccc1)(c1ccccc1)C2c1ccc(N(C)C)cc1. The highest BCUT2D eigenvalue weighted by molar-refractivity contribution is 6.14. The molecule has 0 spiro atoms. The summed E-state index contributed by atoms with van der Waals surface area (Å²) in [6, 6.07) is 46.6. The Labute approximate surface area is 244 Å². The molecule has 1 unspecified atom stereocenters. The van der Waals surface area contributed by atoms with Gasteiger partial charge in [-0.25, -0.2) is 0 Å². The van der Waals surface area contributed by atoms with Crippen molar-refractivity contribution in [3.05, 3.63) is 161 Å². The number of fused-ring (bicyclic) bond motifs is 1. The molecule has 1 aliphatic heterocycles. The molecule has 41 heavy (non-hydrogen) atoms. The summed E-state index contributed by atoms with van der Waals surface area (Å²) in [5.74, 6) is -0.000521. The number of hydrogen-bond donors (Lipinski definition) is 0. The van der Waals surface area contributed by atoms with Crippen LogP contribution in [0.25, 0.3) is 0 Å². The van der Waals surface area contributed by atoms with Crippen molar-refractivity contribution < 1.29 is 0 Å². The van der Waals surface area contributed by atoms with Crippen LogP contribution in [-0.2, 0) is 5.41 Å². The minimum Gasteiger partial charge on any atom is -0.378 e. The van der Waals surface area contributed by atoms with Crippen molar-refractivity contribution in [3.8, 4) is 0 Å². The second kappa shape index (κ2) is 10.7. The lowest BCUT2D eigenvalue weighted by Gasteiger charge is -2.47. The smallest absolute Gasteiger partial charge is 0.0739 e. The number of benzene rings is 5. The van der Waals surface area contributed by atoms with Crippen molar-refractivity contribution in [2.75, 3.05) is 38.0 Å². The fourth-order valence-corrected chi connectivity index (χ4v) is 6.42. The molecular formula is C38H37N3. The van der Waals surface area contributed by atoms with Gasteiger partial charge in [0.1, 0.15) is 0 Å². The highest BCUT2D eigenvalue weighted by atomic mass is 15.1. The summed E-state index contributed by atoms with van der Waals surface area (Å²) < 4.78 is 0. The number of anilines is 2. The predicted molar refractivity (Wildman–Crippen MR) is 174 cm³/mol. The molecule has 0 saturated carbocycles. The molecule has 0 aliphatic carbocycles. The summed E-state index contributed by atoms with van der Waals surface area (Å²) in [6.07, 6.45) is 0. The van der Waals surface area contributed by atoms with E-state index in [1.54, 1.807) is 0 Å². The quantitative estimate of drug-likeness (QED) is 0.217. The molecule has 0 aromatic heterocycles. The third kappa shape index (κ3) is 4.52. The fraction of sp³-hybridized carbons (Fsp3) is 0.184. The average Bonchev–Trinajstić information content (AvgIpc) is 3.01. The summed E-state index contributed by atoms with van der Waals surface area (Å²) in [5, 5.41) is 0. The maximum atomic E-state index is 5.61. The molecule has 5 aromatic carbocycles. The molecule has 0 radical (unpaired) electrons. The van der Waals surface area contributed by atoms with E-state index in [1.807, 2.05) is 0 Å². The Bertz CT molecular complexity index is 1630. The van der Waals surface area contributed by atoms with Crippen LogP contribution in [-0.4, -0.2) is 33.9 Å². The van der Waals surface area contributed by atoms with Gasteiger partial charge in [-0.05, 0) is 64.6 Å². The molecule has 1 aliphatic rings. The Hall–Kier alpha value is -4.63. The second-order valence-electron chi connectivity index (χ2n) is 11.4. The van der Waals surface area contributed by atoms with Crippen LogP contribution in [0.15, 0.2) is 132 Å². The monoisotopic (exact) mass is 535 g/mol. The van der Waals surface area contributed by atoms with Crippen LogP contribution in [0.5, 0.6) is 0 Å². The van der Waals surface area contributed by atoms with Crippen LogP contribution in [0.2, 0.25) is 0 Å². The minimum absolute atomic E-state index is 0.000521. The Morgan fingerprint density at radius 3 is 1.59 bits per heavy atom. The van der Waals surface area contributed by atoms with E-state index >= 15 is 0 Å². The molecule has 5 aromatic rings. The van der Waals surface area contributed by atoms with E-state index in [9.17, 15) is 0 Å². The highest BCUT2D eigenvalue weighted by Crippen LogP contribution is 2.56. The third-order valence-electron chi connectivity index (χ3n) is 8.47. The number of aryl methyl sites for hydroxylation is 1.